The molecule has 0 aromatic heterocycles. The lowest BCUT2D eigenvalue weighted by Gasteiger charge is -2.32. The zero-order chi connectivity index (χ0) is 20.0. The Morgan fingerprint density at radius 2 is 1.78 bits per heavy atom. The molecule has 1 heterocycles. The Morgan fingerprint density at radius 1 is 1.15 bits per heavy atom. The molecule has 10 nitrogen and oxygen atoms in total. The predicted octanol–water partition coefficient (Wildman–Crippen LogP) is 1.22. The van der Waals surface area contributed by atoms with Crippen molar-refractivity contribution >= 4 is 17.3 Å². The largest absolute Gasteiger partial charge is 0.340 e. The van der Waals surface area contributed by atoms with E-state index in [1.807, 2.05) is 7.05 Å². The summed E-state index contributed by atoms with van der Waals surface area (Å²) in [6.07, 6.45) is 0. The van der Waals surface area contributed by atoms with Crippen LogP contribution in [0.15, 0.2) is 29.5 Å². The van der Waals surface area contributed by atoms with Crippen LogP contribution in [-0.2, 0) is 0 Å². The van der Waals surface area contributed by atoms with Crippen molar-refractivity contribution in [3.8, 4) is 18.2 Å². The Kier molecular flexibility index (Phi) is 6.06. The molecule has 1 saturated heterocycles. The topological polar surface area (TPSA) is 150 Å². The number of nitrogens with one attached hydrogen (secondary N) is 1. The second-order valence-electron chi connectivity index (χ2n) is 5.79. The van der Waals surface area contributed by atoms with Crippen LogP contribution in [0.5, 0.6) is 0 Å². The van der Waals surface area contributed by atoms with E-state index in [0.29, 0.717) is 13.1 Å². The molecule has 1 aromatic carbocycles. The summed E-state index contributed by atoms with van der Waals surface area (Å²) < 4.78 is 0. The molecule has 1 aliphatic heterocycles. The van der Waals surface area contributed by atoms with E-state index < -0.39 is 21.9 Å². The Bertz CT molecular complexity index is 909. The predicted molar refractivity (Wildman–Crippen MR) is 94.0 cm³/mol. The lowest BCUT2D eigenvalue weighted by atomic mass is 10.1. The number of piperazine rings is 1. The van der Waals surface area contributed by atoms with Gasteiger partial charge in [0.1, 0.15) is 29.6 Å². The summed E-state index contributed by atoms with van der Waals surface area (Å²) >= 11 is 0. The van der Waals surface area contributed by atoms with E-state index >= 15 is 0 Å². The minimum atomic E-state index is -0.698. The van der Waals surface area contributed by atoms with Gasteiger partial charge in [-0.3, -0.25) is 14.9 Å². The molecule has 1 fully saturated rings. The maximum Gasteiger partial charge on any atom is 0.293 e. The van der Waals surface area contributed by atoms with Crippen molar-refractivity contribution in [1.29, 1.82) is 15.8 Å². The van der Waals surface area contributed by atoms with Crippen LogP contribution in [0, 0.1) is 44.1 Å². The molecule has 136 valence electrons. The number of rotatable bonds is 4. The molecule has 0 spiro atoms. The number of hydrogen-bond acceptors (Lipinski definition) is 8. The first-order chi connectivity index (χ1) is 12.9. The van der Waals surface area contributed by atoms with Crippen LogP contribution in [-0.4, -0.2) is 53.9 Å². The molecule has 1 amide bonds. The molecule has 1 aromatic rings. The average molecular weight is 365 g/mol. The van der Waals surface area contributed by atoms with Crippen molar-refractivity contribution in [2.24, 2.45) is 0 Å². The Labute approximate surface area is 155 Å². The fraction of sp³-hybridized carbons (Fsp3) is 0.294. The first kappa shape index (κ1) is 19.4. The third-order valence-corrected chi connectivity index (χ3v) is 4.08. The lowest BCUT2D eigenvalue weighted by Crippen LogP contribution is -2.47. The number of amides is 1. The summed E-state index contributed by atoms with van der Waals surface area (Å²) in [5.41, 5.74) is -1.27. The number of allylic oxidation sites excluding steroid dienone is 2. The first-order valence-electron chi connectivity index (χ1n) is 7.89. The summed E-state index contributed by atoms with van der Waals surface area (Å²) in [7, 11) is 1.95. The molecule has 0 bridgehead atoms. The smallest absolute Gasteiger partial charge is 0.293 e. The zero-order valence-corrected chi connectivity index (χ0v) is 14.5. The number of nitro benzene ring substituents is 1. The van der Waals surface area contributed by atoms with Gasteiger partial charge in [0.05, 0.1) is 4.92 Å². The molecule has 0 unspecified atom stereocenters. The highest BCUT2D eigenvalue weighted by Gasteiger charge is 2.24. The van der Waals surface area contributed by atoms with Gasteiger partial charge in [-0.1, -0.05) is 0 Å². The number of nitrogens with zero attached hydrogens (tertiary/aromatic N) is 6. The summed E-state index contributed by atoms with van der Waals surface area (Å²) in [6.45, 7) is 2.49. The normalized spacial score (nSPS) is 13.6. The summed E-state index contributed by atoms with van der Waals surface area (Å²) in [5, 5.41) is 40.6. The van der Waals surface area contributed by atoms with Gasteiger partial charge in [-0.05, 0) is 19.2 Å². The van der Waals surface area contributed by atoms with Gasteiger partial charge in [0.25, 0.3) is 11.6 Å². The molecule has 1 N–H and O–H groups in total. The van der Waals surface area contributed by atoms with Crippen molar-refractivity contribution < 1.29 is 9.72 Å². The minimum Gasteiger partial charge on any atom is -0.340 e. The highest BCUT2D eigenvalue weighted by molar-refractivity contribution is 5.96. The number of carbonyl (C=O) groups excluding carboxylic acids is 1. The van der Waals surface area contributed by atoms with Gasteiger partial charge in [-0.25, -0.2) is 0 Å². The average Bonchev–Trinajstić information content (AvgIpc) is 2.68. The number of hydrogen-bond donors (Lipinski definition) is 1. The molecule has 0 aliphatic carbocycles. The highest BCUT2D eigenvalue weighted by Crippen LogP contribution is 2.28. The van der Waals surface area contributed by atoms with Crippen LogP contribution in [0.25, 0.3) is 0 Å². The molecule has 0 saturated carbocycles. The van der Waals surface area contributed by atoms with Gasteiger partial charge >= 0.3 is 0 Å². The molecule has 1 aliphatic rings. The standard InChI is InChI=1S/C17H15N7O3/c1-22-4-6-23(7-5-22)17(25)12-2-3-14(16(8-12)24(26)27)21-15(11-20)13(9-18)10-19/h2-3,8,21H,4-7H2,1H3. The minimum absolute atomic E-state index is 0.0884. The van der Waals surface area contributed by atoms with Crippen LogP contribution in [0.1, 0.15) is 10.4 Å². The molecule has 2 rings (SSSR count). The van der Waals surface area contributed by atoms with E-state index in [0.717, 1.165) is 19.2 Å². The van der Waals surface area contributed by atoms with E-state index in [-0.39, 0.29) is 17.2 Å². The molecular weight excluding hydrogens is 350 g/mol. The van der Waals surface area contributed by atoms with E-state index in [1.165, 1.54) is 12.1 Å². The van der Waals surface area contributed by atoms with Crippen LogP contribution >= 0.6 is 0 Å². The van der Waals surface area contributed by atoms with Crippen LogP contribution < -0.4 is 5.32 Å². The van der Waals surface area contributed by atoms with E-state index in [9.17, 15) is 14.9 Å². The Hall–Kier alpha value is -3.94. The van der Waals surface area contributed by atoms with Crippen molar-refractivity contribution in [2.45, 2.75) is 0 Å². The van der Waals surface area contributed by atoms with Gasteiger partial charge in [0, 0.05) is 37.8 Å². The molecule has 10 heteroatoms. The molecule has 27 heavy (non-hydrogen) atoms. The van der Waals surface area contributed by atoms with E-state index in [4.69, 9.17) is 15.8 Å². The number of carbonyl (C=O) groups is 1. The number of benzene rings is 1. The third kappa shape index (κ3) is 4.37. The SMILES string of the molecule is CN1CCN(C(=O)c2ccc(NC(C#N)=C(C#N)C#N)c([N+](=O)[O-])c2)CC1. The van der Waals surface area contributed by atoms with Crippen LogP contribution in [0.4, 0.5) is 11.4 Å². The fourth-order valence-corrected chi connectivity index (χ4v) is 2.53. The fourth-order valence-electron chi connectivity index (χ4n) is 2.53. The van der Waals surface area contributed by atoms with Gasteiger partial charge in [0.15, 0.2) is 5.57 Å². The molecular formula is C17H15N7O3. The summed E-state index contributed by atoms with van der Waals surface area (Å²) in [5.74, 6) is -0.316. The number of nitro groups is 1. The van der Waals surface area contributed by atoms with Crippen molar-refractivity contribution in [1.82, 2.24) is 9.80 Å². The van der Waals surface area contributed by atoms with Crippen molar-refractivity contribution in [3.05, 3.63) is 45.1 Å². The van der Waals surface area contributed by atoms with Gasteiger partial charge in [-0.2, -0.15) is 15.8 Å². The second kappa shape index (κ2) is 8.43. The zero-order valence-electron chi connectivity index (χ0n) is 14.5. The number of nitriles is 3. The maximum absolute atomic E-state index is 12.6. The van der Waals surface area contributed by atoms with Crippen molar-refractivity contribution in [2.75, 3.05) is 38.5 Å². The number of anilines is 1. The van der Waals surface area contributed by atoms with Crippen molar-refractivity contribution in [3.63, 3.8) is 0 Å². The molecule has 0 atom stereocenters. The third-order valence-electron chi connectivity index (χ3n) is 4.08. The summed E-state index contributed by atoms with van der Waals surface area (Å²) in [4.78, 5) is 27.0. The maximum atomic E-state index is 12.6. The van der Waals surface area contributed by atoms with Gasteiger partial charge in [-0.15, -0.1) is 0 Å². The summed E-state index contributed by atoms with van der Waals surface area (Å²) in [6, 6.07) is 8.54. The van der Waals surface area contributed by atoms with Gasteiger partial charge < -0.3 is 15.1 Å². The van der Waals surface area contributed by atoms with E-state index in [1.54, 1.807) is 23.1 Å². The lowest BCUT2D eigenvalue weighted by molar-refractivity contribution is -0.384. The van der Waals surface area contributed by atoms with Gasteiger partial charge in [0.2, 0.25) is 0 Å². The molecule has 0 radical (unpaired) electrons. The quantitative estimate of drug-likeness (QED) is 0.475. The van der Waals surface area contributed by atoms with Crippen LogP contribution in [0.3, 0.4) is 0 Å². The monoisotopic (exact) mass is 365 g/mol. The Morgan fingerprint density at radius 3 is 2.30 bits per heavy atom. The van der Waals surface area contributed by atoms with Crippen LogP contribution in [0.2, 0.25) is 0 Å². The first-order valence-corrected chi connectivity index (χ1v) is 7.89. The number of likely N-dealkylation sites (N-methyl/N-ethyl adjacent to an activating group) is 1. The van der Waals surface area contributed by atoms with E-state index in [2.05, 4.69) is 10.2 Å². The highest BCUT2D eigenvalue weighted by atomic mass is 16.6. The second-order valence-corrected chi connectivity index (χ2v) is 5.79. The Balaban J connectivity index is 2.35.